The monoisotopic (exact) mass is 244 g/mol. The van der Waals surface area contributed by atoms with E-state index >= 15 is 0 Å². The number of rotatable bonds is 0. The molecule has 1 heterocycles. The van der Waals surface area contributed by atoms with Crippen LogP contribution in [-0.4, -0.2) is 11.5 Å². The van der Waals surface area contributed by atoms with E-state index in [1.807, 2.05) is 23.9 Å². The molecule has 0 radical (unpaired) electrons. The van der Waals surface area contributed by atoms with E-state index in [0.717, 1.165) is 31.3 Å². The van der Waals surface area contributed by atoms with Gasteiger partial charge >= 0.3 is 0 Å². The van der Waals surface area contributed by atoms with Gasteiger partial charge in [0, 0.05) is 0 Å². The average Bonchev–Trinajstić information content (AvgIpc) is 2.42. The van der Waals surface area contributed by atoms with Crippen molar-refractivity contribution in [3.05, 3.63) is 22.3 Å². The van der Waals surface area contributed by atoms with Gasteiger partial charge in [-0.1, -0.05) is 11.1 Å². The lowest BCUT2D eigenvalue weighted by molar-refractivity contribution is 0.699. The SMILES string of the molecule is N#CC(C#N)=C1CCC(=C2CCSCC2)CC1. The molecule has 1 aliphatic heterocycles. The summed E-state index contributed by atoms with van der Waals surface area (Å²) in [5.41, 5.74) is 4.71. The van der Waals surface area contributed by atoms with E-state index in [4.69, 9.17) is 10.5 Å². The lowest BCUT2D eigenvalue weighted by Gasteiger charge is -2.23. The van der Waals surface area contributed by atoms with E-state index in [1.165, 1.54) is 24.3 Å². The molecule has 2 fully saturated rings. The number of nitrogens with zero attached hydrogens (tertiary/aromatic N) is 2. The molecular weight excluding hydrogens is 228 g/mol. The second kappa shape index (κ2) is 5.94. The van der Waals surface area contributed by atoms with Gasteiger partial charge in [-0.05, 0) is 55.6 Å². The highest BCUT2D eigenvalue weighted by Crippen LogP contribution is 2.35. The van der Waals surface area contributed by atoms with Crippen molar-refractivity contribution in [2.24, 2.45) is 0 Å². The van der Waals surface area contributed by atoms with Crippen molar-refractivity contribution < 1.29 is 0 Å². The minimum absolute atomic E-state index is 0.355. The van der Waals surface area contributed by atoms with E-state index in [-0.39, 0.29) is 0 Å². The second-order valence-corrected chi connectivity index (χ2v) is 5.75. The Morgan fingerprint density at radius 3 is 1.88 bits per heavy atom. The molecule has 1 aliphatic carbocycles. The van der Waals surface area contributed by atoms with E-state index in [9.17, 15) is 0 Å². The number of allylic oxidation sites excluding steroid dienone is 4. The zero-order valence-corrected chi connectivity index (χ0v) is 10.8. The molecule has 0 amide bonds. The highest BCUT2D eigenvalue weighted by molar-refractivity contribution is 7.99. The van der Waals surface area contributed by atoms with Crippen molar-refractivity contribution in [2.75, 3.05) is 11.5 Å². The summed E-state index contributed by atoms with van der Waals surface area (Å²) in [6.07, 6.45) is 6.49. The Morgan fingerprint density at radius 2 is 1.35 bits per heavy atom. The largest absolute Gasteiger partial charge is 0.192 e. The van der Waals surface area contributed by atoms with Crippen LogP contribution in [0.1, 0.15) is 38.5 Å². The molecule has 1 saturated carbocycles. The van der Waals surface area contributed by atoms with Gasteiger partial charge in [0.1, 0.15) is 17.7 Å². The molecule has 2 rings (SSSR count). The van der Waals surface area contributed by atoms with Crippen molar-refractivity contribution >= 4 is 11.8 Å². The summed E-state index contributed by atoms with van der Waals surface area (Å²) in [5.74, 6) is 2.53. The Hall–Kier alpha value is -1.19. The molecule has 2 nitrogen and oxygen atoms in total. The summed E-state index contributed by atoms with van der Waals surface area (Å²) >= 11 is 2.05. The van der Waals surface area contributed by atoms with Crippen LogP contribution in [0.5, 0.6) is 0 Å². The lowest BCUT2D eigenvalue weighted by atomic mass is 9.84. The molecule has 0 aromatic rings. The van der Waals surface area contributed by atoms with Gasteiger partial charge in [-0.15, -0.1) is 0 Å². The van der Waals surface area contributed by atoms with Crippen LogP contribution in [0.4, 0.5) is 0 Å². The fourth-order valence-corrected chi connectivity index (χ4v) is 3.60. The zero-order chi connectivity index (χ0) is 12.1. The van der Waals surface area contributed by atoms with Crippen molar-refractivity contribution in [2.45, 2.75) is 38.5 Å². The first-order chi connectivity index (χ1) is 8.35. The van der Waals surface area contributed by atoms with Gasteiger partial charge in [0.2, 0.25) is 0 Å². The smallest absolute Gasteiger partial charge is 0.128 e. The maximum Gasteiger partial charge on any atom is 0.128 e. The Morgan fingerprint density at radius 1 is 0.824 bits per heavy atom. The van der Waals surface area contributed by atoms with Crippen molar-refractivity contribution in [3.8, 4) is 12.1 Å². The number of hydrogen-bond donors (Lipinski definition) is 0. The normalized spacial score (nSPS) is 20.7. The van der Waals surface area contributed by atoms with Crippen LogP contribution >= 0.6 is 11.8 Å². The third-order valence-corrected chi connectivity index (χ3v) is 4.62. The third kappa shape index (κ3) is 2.93. The molecule has 0 unspecified atom stereocenters. The summed E-state index contributed by atoms with van der Waals surface area (Å²) < 4.78 is 0. The predicted molar refractivity (Wildman–Crippen MR) is 70.3 cm³/mol. The van der Waals surface area contributed by atoms with Gasteiger partial charge in [0.25, 0.3) is 0 Å². The van der Waals surface area contributed by atoms with E-state index in [0.29, 0.717) is 5.57 Å². The molecule has 17 heavy (non-hydrogen) atoms. The van der Waals surface area contributed by atoms with Crippen LogP contribution in [0.3, 0.4) is 0 Å². The van der Waals surface area contributed by atoms with E-state index in [1.54, 1.807) is 11.1 Å². The Balaban J connectivity index is 2.06. The van der Waals surface area contributed by atoms with E-state index in [2.05, 4.69) is 0 Å². The first-order valence-corrected chi connectivity index (χ1v) is 7.30. The van der Waals surface area contributed by atoms with Gasteiger partial charge in [-0.3, -0.25) is 0 Å². The summed E-state index contributed by atoms with van der Waals surface area (Å²) in [7, 11) is 0. The quantitative estimate of drug-likeness (QED) is 0.482. The summed E-state index contributed by atoms with van der Waals surface area (Å²) in [5, 5.41) is 17.7. The molecule has 0 spiro atoms. The number of thioether (sulfide) groups is 1. The average molecular weight is 244 g/mol. The zero-order valence-electron chi connectivity index (χ0n) is 9.96. The molecule has 0 bridgehead atoms. The van der Waals surface area contributed by atoms with Gasteiger partial charge in [0.05, 0.1) is 0 Å². The fraction of sp³-hybridized carbons (Fsp3) is 0.571. The summed E-state index contributed by atoms with van der Waals surface area (Å²) in [6.45, 7) is 0. The molecule has 1 saturated heterocycles. The molecule has 3 heteroatoms. The van der Waals surface area contributed by atoms with E-state index < -0.39 is 0 Å². The van der Waals surface area contributed by atoms with Gasteiger partial charge in [-0.2, -0.15) is 22.3 Å². The Labute approximate surface area is 107 Å². The summed E-state index contributed by atoms with van der Waals surface area (Å²) in [6, 6.07) is 4.03. The topological polar surface area (TPSA) is 47.6 Å². The van der Waals surface area contributed by atoms with Crippen molar-refractivity contribution in [1.82, 2.24) is 0 Å². The molecule has 0 N–H and O–H groups in total. The van der Waals surface area contributed by atoms with Crippen LogP contribution in [0.15, 0.2) is 22.3 Å². The number of hydrogen-bond acceptors (Lipinski definition) is 3. The van der Waals surface area contributed by atoms with Crippen LogP contribution in [0.2, 0.25) is 0 Å². The highest BCUT2D eigenvalue weighted by Gasteiger charge is 2.18. The second-order valence-electron chi connectivity index (χ2n) is 4.52. The van der Waals surface area contributed by atoms with Crippen LogP contribution in [-0.2, 0) is 0 Å². The standard InChI is InChI=1S/C14H16N2S/c15-9-14(10-16)12-3-1-11(2-4-12)13-5-7-17-8-6-13/h1-8H2. The maximum absolute atomic E-state index is 8.85. The predicted octanol–water partition coefficient (Wildman–Crippen LogP) is 3.73. The fourth-order valence-electron chi connectivity index (χ4n) is 2.61. The van der Waals surface area contributed by atoms with Crippen LogP contribution in [0.25, 0.3) is 0 Å². The Kier molecular flexibility index (Phi) is 4.29. The maximum atomic E-state index is 8.85. The third-order valence-electron chi connectivity index (χ3n) is 3.63. The van der Waals surface area contributed by atoms with Gasteiger partial charge in [-0.25, -0.2) is 0 Å². The summed E-state index contributed by atoms with van der Waals surface area (Å²) in [4.78, 5) is 0. The van der Waals surface area contributed by atoms with Gasteiger partial charge < -0.3 is 0 Å². The lowest BCUT2D eigenvalue weighted by Crippen LogP contribution is -2.07. The molecular formula is C14H16N2S. The Bertz CT molecular complexity index is 410. The molecule has 2 aliphatic rings. The molecule has 88 valence electrons. The van der Waals surface area contributed by atoms with Crippen LogP contribution < -0.4 is 0 Å². The number of nitriles is 2. The molecule has 0 aromatic carbocycles. The minimum Gasteiger partial charge on any atom is -0.192 e. The molecule has 0 aromatic heterocycles. The molecule has 0 atom stereocenters. The highest BCUT2D eigenvalue weighted by atomic mass is 32.2. The van der Waals surface area contributed by atoms with Gasteiger partial charge in [0.15, 0.2) is 0 Å². The first-order valence-electron chi connectivity index (χ1n) is 6.15. The minimum atomic E-state index is 0.355. The van der Waals surface area contributed by atoms with Crippen molar-refractivity contribution in [3.63, 3.8) is 0 Å². The van der Waals surface area contributed by atoms with Crippen molar-refractivity contribution in [1.29, 1.82) is 10.5 Å². The van der Waals surface area contributed by atoms with Crippen LogP contribution in [0, 0.1) is 22.7 Å². The first kappa shape index (κ1) is 12.3.